The van der Waals surface area contributed by atoms with E-state index in [0.29, 0.717) is 0 Å². The summed E-state index contributed by atoms with van der Waals surface area (Å²) in [5.41, 5.74) is 0. The van der Waals surface area contributed by atoms with Gasteiger partial charge in [0.2, 0.25) is 0 Å². The van der Waals surface area contributed by atoms with Crippen molar-refractivity contribution in [3.63, 3.8) is 0 Å². The molecule has 0 atom stereocenters. The number of hydrogen-bond acceptors (Lipinski definition) is 9. The van der Waals surface area contributed by atoms with E-state index in [2.05, 4.69) is 8.44 Å². The average molecular weight is 434 g/mol. The third kappa shape index (κ3) is 6.62. The summed E-state index contributed by atoms with van der Waals surface area (Å²) in [5, 5.41) is 25.0. The first-order chi connectivity index (χ1) is 7.53. The molecule has 0 aromatic carbocycles. The molecule has 3 N–H and O–H groups in total. The molecule has 0 aliphatic carbocycles. The van der Waals surface area contributed by atoms with Gasteiger partial charge < -0.3 is 0 Å². The number of rotatable bonds is 6. The Morgan fingerprint density at radius 3 is 1.19 bits per heavy atom. The Morgan fingerprint density at radius 1 is 0.750 bits per heavy atom. The first kappa shape index (κ1) is 15.2. The summed E-state index contributed by atoms with van der Waals surface area (Å²) in [5.74, 6) is -3.39. The zero-order valence-electron chi connectivity index (χ0n) is 7.86. The van der Waals surface area contributed by atoms with Gasteiger partial charge in [-0.25, -0.2) is 0 Å². The molecule has 0 spiro atoms. The maximum atomic E-state index is 10.6. The van der Waals surface area contributed by atoms with Gasteiger partial charge >= 0.3 is 98.9 Å². The average Bonchev–Trinajstić information content (AvgIpc) is 2.28. The van der Waals surface area contributed by atoms with E-state index >= 15 is 0 Å². The van der Waals surface area contributed by atoms with Crippen LogP contribution >= 0.6 is 0 Å². The Bertz CT molecular complexity index is 222. The molecular weight excluding hydrogens is 425 g/mol. The van der Waals surface area contributed by atoms with Crippen LogP contribution in [0.4, 0.5) is 0 Å². The first-order valence-corrected chi connectivity index (χ1v) is 8.04. The van der Waals surface area contributed by atoms with Crippen molar-refractivity contribution >= 4 is 41.0 Å². The van der Waals surface area contributed by atoms with Crippen molar-refractivity contribution < 1.29 is 38.1 Å². The molecular formula is C6H9BiO9. The molecule has 0 aliphatic heterocycles. The van der Waals surface area contributed by atoms with E-state index in [0.717, 1.165) is 0 Å². The topological polar surface area (TPSA) is 140 Å². The van der Waals surface area contributed by atoms with Gasteiger partial charge in [-0.3, -0.25) is 0 Å². The van der Waals surface area contributed by atoms with E-state index in [1.54, 1.807) is 0 Å². The third-order valence-corrected chi connectivity index (χ3v) is 5.03. The number of hydrogen-bond donors (Lipinski definition) is 3. The normalized spacial score (nSPS) is 9.75. The Balaban J connectivity index is 4.31. The van der Waals surface area contributed by atoms with E-state index in [9.17, 15) is 14.4 Å². The Labute approximate surface area is 99.1 Å². The Kier molecular flexibility index (Phi) is 7.91. The van der Waals surface area contributed by atoms with E-state index in [1.165, 1.54) is 0 Å². The monoisotopic (exact) mass is 434 g/mol. The van der Waals surface area contributed by atoms with E-state index in [4.69, 9.17) is 15.3 Å². The SMILES string of the molecule is O=C(CO)[O][Bi]([O]C(=O)CO)[O]C(=O)CO. The quantitative estimate of drug-likeness (QED) is 0.365. The van der Waals surface area contributed by atoms with E-state index in [1.807, 2.05) is 0 Å². The van der Waals surface area contributed by atoms with Gasteiger partial charge in [-0.2, -0.15) is 0 Å². The second-order valence-corrected chi connectivity index (χ2v) is 5.96. The van der Waals surface area contributed by atoms with Crippen molar-refractivity contribution in [2.24, 2.45) is 0 Å². The molecule has 0 aliphatic rings. The van der Waals surface area contributed by atoms with E-state index in [-0.39, 0.29) is 0 Å². The standard InChI is InChI=1S/3C2H4O3.Bi/c3*3-1-2(4)5;/h3*3H,1H2,(H,4,5);/q;;;+3/p-3. The molecule has 10 heteroatoms. The summed E-state index contributed by atoms with van der Waals surface area (Å²) in [6.07, 6.45) is 0. The molecule has 0 unspecified atom stereocenters. The number of aliphatic hydroxyl groups excluding tert-OH is 3. The predicted octanol–water partition coefficient (Wildman–Crippen LogP) is -3.42. The molecule has 0 aromatic rings. The maximum absolute atomic E-state index is 10.6. The summed E-state index contributed by atoms with van der Waals surface area (Å²) >= 11 is -4.16. The molecule has 0 radical (unpaired) electrons. The van der Waals surface area contributed by atoms with Gasteiger partial charge in [0.25, 0.3) is 0 Å². The van der Waals surface area contributed by atoms with Crippen molar-refractivity contribution in [2.45, 2.75) is 0 Å². The summed E-state index contributed by atoms with van der Waals surface area (Å²) in [6.45, 7) is -2.92. The molecule has 0 saturated heterocycles. The molecule has 0 aromatic heterocycles. The van der Waals surface area contributed by atoms with Gasteiger partial charge in [-0.15, -0.1) is 0 Å². The number of aliphatic hydroxyl groups is 3. The van der Waals surface area contributed by atoms with Gasteiger partial charge in [0.15, 0.2) is 0 Å². The van der Waals surface area contributed by atoms with Crippen LogP contribution in [0, 0.1) is 0 Å². The Hall–Kier alpha value is -0.827. The second-order valence-electron chi connectivity index (χ2n) is 2.09. The minimum atomic E-state index is -4.16. The van der Waals surface area contributed by atoms with Gasteiger partial charge in [-0.1, -0.05) is 0 Å². The van der Waals surface area contributed by atoms with Crippen molar-refractivity contribution in [1.82, 2.24) is 0 Å². The molecule has 16 heavy (non-hydrogen) atoms. The van der Waals surface area contributed by atoms with Crippen LogP contribution in [0.5, 0.6) is 0 Å². The van der Waals surface area contributed by atoms with Crippen LogP contribution in [0.1, 0.15) is 0 Å². The fourth-order valence-corrected chi connectivity index (χ4v) is 3.44. The van der Waals surface area contributed by atoms with Crippen molar-refractivity contribution in [2.75, 3.05) is 19.8 Å². The summed E-state index contributed by atoms with van der Waals surface area (Å²) in [4.78, 5) is 31.9. The van der Waals surface area contributed by atoms with Gasteiger partial charge in [0.1, 0.15) is 0 Å². The zero-order valence-corrected chi connectivity index (χ0v) is 11.3. The van der Waals surface area contributed by atoms with Gasteiger partial charge in [-0.05, 0) is 0 Å². The molecule has 9 nitrogen and oxygen atoms in total. The number of carbonyl (C=O) groups excluding carboxylic acids is 3. The number of carbonyl (C=O) groups is 3. The van der Waals surface area contributed by atoms with E-state index < -0.39 is 60.8 Å². The predicted molar refractivity (Wildman–Crippen MR) is 45.3 cm³/mol. The van der Waals surface area contributed by atoms with Crippen molar-refractivity contribution in [3.05, 3.63) is 0 Å². The van der Waals surface area contributed by atoms with Crippen LogP contribution in [-0.4, -0.2) is 76.1 Å². The molecule has 0 saturated carbocycles. The minimum absolute atomic E-state index is 0.973. The third-order valence-electron chi connectivity index (χ3n) is 0.916. The second kappa shape index (κ2) is 8.34. The molecule has 92 valence electrons. The zero-order chi connectivity index (χ0) is 12.6. The fourth-order valence-electron chi connectivity index (χ4n) is 0.392. The molecule has 0 heterocycles. The summed E-state index contributed by atoms with van der Waals surface area (Å²) in [6, 6.07) is 0. The first-order valence-electron chi connectivity index (χ1n) is 3.78. The molecule has 0 fully saturated rings. The van der Waals surface area contributed by atoms with Crippen LogP contribution in [0.2, 0.25) is 0 Å². The van der Waals surface area contributed by atoms with Crippen LogP contribution in [0.3, 0.4) is 0 Å². The summed E-state index contributed by atoms with van der Waals surface area (Å²) in [7, 11) is 0. The van der Waals surface area contributed by atoms with Crippen molar-refractivity contribution in [1.29, 1.82) is 0 Å². The van der Waals surface area contributed by atoms with Gasteiger partial charge in [0, 0.05) is 0 Å². The van der Waals surface area contributed by atoms with Crippen LogP contribution in [0.15, 0.2) is 0 Å². The van der Waals surface area contributed by atoms with Gasteiger partial charge in [0.05, 0.1) is 0 Å². The van der Waals surface area contributed by atoms with Crippen LogP contribution in [-0.2, 0) is 22.8 Å². The van der Waals surface area contributed by atoms with Crippen LogP contribution in [0.25, 0.3) is 0 Å². The van der Waals surface area contributed by atoms with Crippen LogP contribution < -0.4 is 0 Å². The molecule has 0 amide bonds. The van der Waals surface area contributed by atoms with Crippen molar-refractivity contribution in [3.8, 4) is 0 Å². The fraction of sp³-hybridized carbons (Fsp3) is 0.500. The molecule has 0 rings (SSSR count). The molecule has 0 bridgehead atoms. The summed E-state index contributed by atoms with van der Waals surface area (Å²) < 4.78 is 13.1. The Morgan fingerprint density at radius 2 is 1.00 bits per heavy atom.